The normalized spacial score (nSPS) is 17.2. The zero-order valence-corrected chi connectivity index (χ0v) is 9.22. The van der Waals surface area contributed by atoms with Gasteiger partial charge in [0.1, 0.15) is 6.33 Å². The molecule has 1 aromatic heterocycles. The van der Waals surface area contributed by atoms with E-state index in [4.69, 9.17) is 15.2 Å². The number of ether oxygens (including phenoxy) is 2. The van der Waals surface area contributed by atoms with Crippen LogP contribution < -0.4 is 10.5 Å². The van der Waals surface area contributed by atoms with Crippen LogP contribution in [0.2, 0.25) is 0 Å². The first-order valence-electron chi connectivity index (χ1n) is 5.23. The van der Waals surface area contributed by atoms with Crippen LogP contribution in [-0.2, 0) is 4.74 Å². The van der Waals surface area contributed by atoms with Crippen molar-refractivity contribution in [2.45, 2.75) is 18.9 Å². The van der Waals surface area contributed by atoms with E-state index in [1.54, 1.807) is 19.4 Å². The second-order valence-corrected chi connectivity index (χ2v) is 3.63. The summed E-state index contributed by atoms with van der Waals surface area (Å²) in [5.74, 6) is 0.526. The highest BCUT2D eigenvalue weighted by Crippen LogP contribution is 2.25. The van der Waals surface area contributed by atoms with Gasteiger partial charge in [-0.15, -0.1) is 0 Å². The van der Waals surface area contributed by atoms with Gasteiger partial charge in [-0.2, -0.15) is 0 Å². The van der Waals surface area contributed by atoms with Crippen LogP contribution in [0.4, 0.5) is 0 Å². The molecule has 5 nitrogen and oxygen atoms in total. The summed E-state index contributed by atoms with van der Waals surface area (Å²) >= 11 is 0. The monoisotopic (exact) mass is 221 g/mol. The molecule has 2 N–H and O–H groups in total. The van der Waals surface area contributed by atoms with Gasteiger partial charge in [0.05, 0.1) is 31.7 Å². The number of nitrogens with two attached hydrogens (primary N) is 1. The molecule has 86 valence electrons. The van der Waals surface area contributed by atoms with E-state index in [2.05, 4.69) is 9.97 Å². The fourth-order valence-corrected chi connectivity index (χ4v) is 1.64. The van der Waals surface area contributed by atoms with E-state index in [1.807, 2.05) is 0 Å². The van der Waals surface area contributed by atoms with E-state index in [1.165, 1.54) is 6.33 Å². The van der Waals surface area contributed by atoms with Crippen LogP contribution in [0, 0.1) is 0 Å². The molecule has 1 aliphatic heterocycles. The zero-order chi connectivity index (χ0) is 11.4. The lowest BCUT2D eigenvalue weighted by atomic mass is 10.00. The fraction of sp³-hybridized carbons (Fsp3) is 0.455. The van der Waals surface area contributed by atoms with E-state index < -0.39 is 0 Å². The molecule has 0 fully saturated rings. The molecule has 0 amide bonds. The summed E-state index contributed by atoms with van der Waals surface area (Å²) < 4.78 is 10.3. The maximum Gasteiger partial charge on any atom is 0.216 e. The first kappa shape index (κ1) is 10.9. The number of hydrogen-bond donors (Lipinski definition) is 1. The third kappa shape index (κ3) is 2.30. The number of hydrogen-bond acceptors (Lipinski definition) is 5. The van der Waals surface area contributed by atoms with Gasteiger partial charge in [0, 0.05) is 6.07 Å². The zero-order valence-electron chi connectivity index (χ0n) is 9.22. The van der Waals surface area contributed by atoms with E-state index in [0.717, 1.165) is 30.7 Å². The minimum Gasteiger partial charge on any atom is -0.501 e. The number of rotatable bonds is 3. The van der Waals surface area contributed by atoms with E-state index in [-0.39, 0.29) is 6.04 Å². The van der Waals surface area contributed by atoms with Crippen LogP contribution in [-0.4, -0.2) is 23.7 Å². The van der Waals surface area contributed by atoms with Crippen molar-refractivity contribution in [2.24, 2.45) is 5.73 Å². The lowest BCUT2D eigenvalue weighted by Crippen LogP contribution is -2.17. The summed E-state index contributed by atoms with van der Waals surface area (Å²) in [6, 6.07) is 1.51. The first-order chi connectivity index (χ1) is 7.81. The van der Waals surface area contributed by atoms with Gasteiger partial charge in [-0.3, -0.25) is 0 Å². The molecule has 0 spiro atoms. The average Bonchev–Trinajstić information content (AvgIpc) is 2.39. The van der Waals surface area contributed by atoms with Crippen molar-refractivity contribution in [1.82, 2.24) is 9.97 Å². The molecular formula is C11H15N3O2. The van der Waals surface area contributed by atoms with Crippen molar-refractivity contribution in [3.05, 3.63) is 29.9 Å². The minimum atomic E-state index is -0.239. The first-order valence-corrected chi connectivity index (χ1v) is 5.23. The molecule has 1 aromatic rings. The Morgan fingerprint density at radius 2 is 2.38 bits per heavy atom. The van der Waals surface area contributed by atoms with E-state index >= 15 is 0 Å². The Hall–Kier alpha value is -1.62. The van der Waals surface area contributed by atoms with Crippen molar-refractivity contribution in [3.8, 4) is 5.88 Å². The molecule has 0 radical (unpaired) electrons. The number of aromatic nitrogens is 2. The highest BCUT2D eigenvalue weighted by atomic mass is 16.5. The summed E-state index contributed by atoms with van der Waals surface area (Å²) in [4.78, 5) is 8.10. The van der Waals surface area contributed by atoms with Gasteiger partial charge in [-0.05, 0) is 18.4 Å². The summed E-state index contributed by atoms with van der Waals surface area (Å²) in [6.45, 7) is 0.767. The van der Waals surface area contributed by atoms with Gasteiger partial charge in [0.25, 0.3) is 0 Å². The number of nitrogens with zero attached hydrogens (tertiary/aromatic N) is 2. The molecule has 16 heavy (non-hydrogen) atoms. The molecule has 1 atom stereocenters. The Morgan fingerprint density at radius 1 is 1.50 bits per heavy atom. The van der Waals surface area contributed by atoms with Crippen LogP contribution in [0.15, 0.2) is 24.2 Å². The third-order valence-corrected chi connectivity index (χ3v) is 2.55. The average molecular weight is 221 g/mol. The van der Waals surface area contributed by atoms with E-state index in [0.29, 0.717) is 5.88 Å². The molecule has 2 rings (SSSR count). The van der Waals surface area contributed by atoms with Crippen molar-refractivity contribution in [3.63, 3.8) is 0 Å². The Morgan fingerprint density at radius 3 is 3.06 bits per heavy atom. The topological polar surface area (TPSA) is 70.3 Å². The van der Waals surface area contributed by atoms with Crippen molar-refractivity contribution in [2.75, 3.05) is 13.7 Å². The van der Waals surface area contributed by atoms with Gasteiger partial charge in [0.2, 0.25) is 5.88 Å². The van der Waals surface area contributed by atoms with Crippen molar-refractivity contribution in [1.29, 1.82) is 0 Å². The van der Waals surface area contributed by atoms with Crippen LogP contribution in [0.25, 0.3) is 0 Å². The second kappa shape index (κ2) is 4.94. The van der Waals surface area contributed by atoms with Gasteiger partial charge < -0.3 is 15.2 Å². The Balaban J connectivity index is 2.19. The predicted molar refractivity (Wildman–Crippen MR) is 58.8 cm³/mol. The highest BCUT2D eigenvalue weighted by molar-refractivity contribution is 5.24. The molecule has 0 aliphatic carbocycles. The summed E-state index contributed by atoms with van der Waals surface area (Å²) in [5, 5.41) is 0. The maximum atomic E-state index is 6.10. The van der Waals surface area contributed by atoms with Gasteiger partial charge in [0.15, 0.2) is 0 Å². The lowest BCUT2D eigenvalue weighted by molar-refractivity contribution is 0.221. The molecule has 0 saturated carbocycles. The Labute approximate surface area is 94.3 Å². The largest absolute Gasteiger partial charge is 0.501 e. The molecule has 1 unspecified atom stereocenters. The standard InChI is InChI=1S/C11H15N3O2/c1-15-10-5-9(13-7-14-10)11(12)8-3-2-4-16-6-8/h5-7,11H,2-4,12H2,1H3. The van der Waals surface area contributed by atoms with Gasteiger partial charge in [-0.25, -0.2) is 9.97 Å². The van der Waals surface area contributed by atoms with Crippen LogP contribution in [0.1, 0.15) is 24.6 Å². The summed E-state index contributed by atoms with van der Waals surface area (Å²) in [5.41, 5.74) is 7.91. The molecule has 0 bridgehead atoms. The maximum absolute atomic E-state index is 6.10. The SMILES string of the molecule is COc1cc(C(N)C2=COCCC2)ncn1. The Bertz CT molecular complexity index is 393. The second-order valence-electron chi connectivity index (χ2n) is 3.63. The van der Waals surface area contributed by atoms with Crippen LogP contribution in [0.5, 0.6) is 5.88 Å². The molecule has 2 heterocycles. The summed E-state index contributed by atoms with van der Waals surface area (Å²) in [7, 11) is 1.57. The van der Waals surface area contributed by atoms with E-state index in [9.17, 15) is 0 Å². The fourth-order valence-electron chi connectivity index (χ4n) is 1.64. The van der Waals surface area contributed by atoms with Crippen molar-refractivity contribution >= 4 is 0 Å². The van der Waals surface area contributed by atoms with Crippen LogP contribution >= 0.6 is 0 Å². The molecule has 0 aromatic carbocycles. The van der Waals surface area contributed by atoms with Gasteiger partial charge in [-0.1, -0.05) is 0 Å². The lowest BCUT2D eigenvalue weighted by Gasteiger charge is -2.19. The van der Waals surface area contributed by atoms with Crippen molar-refractivity contribution < 1.29 is 9.47 Å². The summed E-state index contributed by atoms with van der Waals surface area (Å²) in [6.07, 6.45) is 5.15. The molecular weight excluding hydrogens is 206 g/mol. The van der Waals surface area contributed by atoms with Gasteiger partial charge >= 0.3 is 0 Å². The number of methoxy groups -OCH3 is 1. The quantitative estimate of drug-likeness (QED) is 0.829. The molecule has 0 saturated heterocycles. The molecule has 5 heteroatoms. The molecule has 1 aliphatic rings. The van der Waals surface area contributed by atoms with Crippen LogP contribution in [0.3, 0.4) is 0 Å². The smallest absolute Gasteiger partial charge is 0.216 e. The Kier molecular flexibility index (Phi) is 3.36. The predicted octanol–water partition coefficient (Wildman–Crippen LogP) is 1.18. The minimum absolute atomic E-state index is 0.239. The third-order valence-electron chi connectivity index (χ3n) is 2.55. The highest BCUT2D eigenvalue weighted by Gasteiger charge is 2.16.